The number of nitrogens with zero attached hydrogens (tertiary/aromatic N) is 2. The van der Waals surface area contributed by atoms with E-state index in [9.17, 15) is 26.3 Å². The minimum atomic E-state index is -4.77. The molecule has 0 radical (unpaired) electrons. The van der Waals surface area contributed by atoms with Crippen LogP contribution in [0.5, 0.6) is 11.6 Å². The number of halogens is 6. The standard InChI is InChI=1S/C18H18F6N2O2/c1-9(2)28-14-6-11(18(22,23)24)15-12(25-14)4-5-13-16(15)27-7-10(3)26(13)8-17(19,20)21/h4-6,9-10H,7-8H2,1-3H3. The molecule has 1 aliphatic heterocycles. The summed E-state index contributed by atoms with van der Waals surface area (Å²) in [5.74, 6) is -0.470. The molecule has 2 heterocycles. The highest BCUT2D eigenvalue weighted by atomic mass is 19.4. The van der Waals surface area contributed by atoms with Gasteiger partial charge < -0.3 is 14.4 Å². The van der Waals surface area contributed by atoms with Gasteiger partial charge in [0.25, 0.3) is 0 Å². The van der Waals surface area contributed by atoms with E-state index in [-0.39, 0.29) is 34.8 Å². The van der Waals surface area contributed by atoms with Crippen molar-refractivity contribution in [3.05, 3.63) is 23.8 Å². The Hall–Kier alpha value is -2.39. The third-order valence-corrected chi connectivity index (χ3v) is 4.20. The van der Waals surface area contributed by atoms with Crippen LogP contribution in [0.15, 0.2) is 18.2 Å². The number of fused-ring (bicyclic) bond motifs is 3. The summed E-state index contributed by atoms with van der Waals surface area (Å²) in [7, 11) is 0. The van der Waals surface area contributed by atoms with Crippen LogP contribution in [0, 0.1) is 0 Å². The topological polar surface area (TPSA) is 34.6 Å². The van der Waals surface area contributed by atoms with Gasteiger partial charge in [0.1, 0.15) is 13.2 Å². The molecular formula is C18H18F6N2O2. The molecule has 0 N–H and O–H groups in total. The maximum Gasteiger partial charge on any atom is 0.417 e. The summed E-state index contributed by atoms with van der Waals surface area (Å²) in [5, 5.41) is -0.375. The van der Waals surface area contributed by atoms with Gasteiger partial charge in [-0.3, -0.25) is 0 Å². The van der Waals surface area contributed by atoms with Crippen molar-refractivity contribution >= 4 is 16.6 Å². The van der Waals surface area contributed by atoms with Crippen molar-refractivity contribution in [2.24, 2.45) is 0 Å². The van der Waals surface area contributed by atoms with Crippen molar-refractivity contribution in [1.82, 2.24) is 4.98 Å². The van der Waals surface area contributed by atoms with Gasteiger partial charge in [-0.2, -0.15) is 26.3 Å². The van der Waals surface area contributed by atoms with E-state index in [0.29, 0.717) is 0 Å². The lowest BCUT2D eigenvalue weighted by Crippen LogP contribution is -2.46. The molecule has 0 saturated heterocycles. The lowest BCUT2D eigenvalue weighted by Gasteiger charge is -2.37. The molecule has 0 aliphatic carbocycles. The van der Waals surface area contributed by atoms with E-state index in [1.165, 1.54) is 19.1 Å². The van der Waals surface area contributed by atoms with Crippen LogP contribution in [-0.2, 0) is 6.18 Å². The highest BCUT2D eigenvalue weighted by molar-refractivity contribution is 5.95. The third-order valence-electron chi connectivity index (χ3n) is 4.20. The summed E-state index contributed by atoms with van der Waals surface area (Å²) in [6.07, 6.45) is -9.69. The van der Waals surface area contributed by atoms with Crippen molar-refractivity contribution in [2.75, 3.05) is 18.1 Å². The van der Waals surface area contributed by atoms with Gasteiger partial charge in [-0.1, -0.05) is 0 Å². The molecule has 0 spiro atoms. The Labute approximate surface area is 157 Å². The fourth-order valence-corrected chi connectivity index (χ4v) is 3.12. The molecule has 154 valence electrons. The Balaban J connectivity index is 2.24. The summed E-state index contributed by atoms with van der Waals surface area (Å²) >= 11 is 0. The van der Waals surface area contributed by atoms with Gasteiger partial charge in [-0.15, -0.1) is 0 Å². The number of alkyl halides is 6. The molecule has 0 bridgehead atoms. The third kappa shape index (κ3) is 4.05. The van der Waals surface area contributed by atoms with Crippen LogP contribution in [-0.4, -0.2) is 36.5 Å². The Kier molecular flexibility index (Phi) is 5.01. The minimum Gasteiger partial charge on any atom is -0.489 e. The van der Waals surface area contributed by atoms with Crippen molar-refractivity contribution in [3.63, 3.8) is 0 Å². The first kappa shape index (κ1) is 20.3. The first-order chi connectivity index (χ1) is 12.9. The normalized spacial score (nSPS) is 17.6. The van der Waals surface area contributed by atoms with Gasteiger partial charge >= 0.3 is 12.4 Å². The van der Waals surface area contributed by atoms with Crippen LogP contribution in [0.2, 0.25) is 0 Å². The Morgan fingerprint density at radius 1 is 1.21 bits per heavy atom. The van der Waals surface area contributed by atoms with E-state index in [1.807, 2.05) is 0 Å². The number of benzene rings is 1. The van der Waals surface area contributed by atoms with E-state index in [4.69, 9.17) is 9.47 Å². The van der Waals surface area contributed by atoms with Crippen molar-refractivity contribution in [3.8, 4) is 11.6 Å². The Morgan fingerprint density at radius 3 is 2.46 bits per heavy atom. The molecule has 3 rings (SSSR count). The van der Waals surface area contributed by atoms with Gasteiger partial charge in [0, 0.05) is 6.07 Å². The maximum atomic E-state index is 13.7. The van der Waals surface area contributed by atoms with Crippen molar-refractivity contribution < 1.29 is 35.8 Å². The molecule has 10 heteroatoms. The smallest absolute Gasteiger partial charge is 0.417 e. The van der Waals surface area contributed by atoms with Gasteiger partial charge in [0.2, 0.25) is 5.88 Å². The fraction of sp³-hybridized carbons (Fsp3) is 0.500. The molecular weight excluding hydrogens is 390 g/mol. The van der Waals surface area contributed by atoms with Crippen LogP contribution in [0.1, 0.15) is 26.3 Å². The predicted octanol–water partition coefficient (Wildman–Crippen LogP) is 5.19. The molecule has 1 atom stereocenters. The summed E-state index contributed by atoms with van der Waals surface area (Å²) in [5.41, 5.74) is -1.18. The molecule has 0 saturated carbocycles. The average molecular weight is 408 g/mol. The second kappa shape index (κ2) is 6.89. The number of rotatable bonds is 3. The SMILES string of the molecule is CC(C)Oc1cc(C(F)(F)F)c2c3c(ccc2n1)N(CC(F)(F)F)C(C)CO3. The molecule has 1 unspecified atom stereocenters. The number of anilines is 1. The Bertz CT molecular complexity index is 879. The average Bonchev–Trinajstić information content (AvgIpc) is 2.53. The number of pyridine rings is 1. The zero-order valence-corrected chi connectivity index (χ0v) is 15.3. The predicted molar refractivity (Wildman–Crippen MR) is 90.9 cm³/mol. The zero-order chi connectivity index (χ0) is 20.9. The first-order valence-corrected chi connectivity index (χ1v) is 8.54. The number of ether oxygens (including phenoxy) is 2. The summed E-state index contributed by atoms with van der Waals surface area (Å²) in [4.78, 5) is 5.07. The summed E-state index contributed by atoms with van der Waals surface area (Å²) in [6, 6.07) is 2.64. The summed E-state index contributed by atoms with van der Waals surface area (Å²) < 4.78 is 90.8. The second-order valence-corrected chi connectivity index (χ2v) is 6.88. The van der Waals surface area contributed by atoms with E-state index in [2.05, 4.69) is 4.98 Å². The highest BCUT2D eigenvalue weighted by Crippen LogP contribution is 2.46. The molecule has 1 aromatic carbocycles. The minimum absolute atomic E-state index is 0.0478. The van der Waals surface area contributed by atoms with Gasteiger partial charge in [-0.25, -0.2) is 4.98 Å². The fourth-order valence-electron chi connectivity index (χ4n) is 3.12. The van der Waals surface area contributed by atoms with E-state index in [1.54, 1.807) is 13.8 Å². The molecule has 0 amide bonds. The summed E-state index contributed by atoms with van der Waals surface area (Å²) in [6.45, 7) is 3.33. The lowest BCUT2D eigenvalue weighted by atomic mass is 10.0. The number of aromatic nitrogens is 1. The van der Waals surface area contributed by atoms with Crippen molar-refractivity contribution in [2.45, 2.75) is 45.3 Å². The Morgan fingerprint density at radius 2 is 1.89 bits per heavy atom. The molecule has 0 fully saturated rings. The highest BCUT2D eigenvalue weighted by Gasteiger charge is 2.40. The van der Waals surface area contributed by atoms with E-state index >= 15 is 0 Å². The molecule has 28 heavy (non-hydrogen) atoms. The molecule has 1 aliphatic rings. The second-order valence-electron chi connectivity index (χ2n) is 6.88. The lowest BCUT2D eigenvalue weighted by molar-refractivity contribution is -0.136. The molecule has 2 aromatic rings. The monoisotopic (exact) mass is 408 g/mol. The van der Waals surface area contributed by atoms with Gasteiger partial charge in [0.05, 0.1) is 34.3 Å². The zero-order valence-electron chi connectivity index (χ0n) is 15.3. The van der Waals surface area contributed by atoms with E-state index in [0.717, 1.165) is 11.0 Å². The van der Waals surface area contributed by atoms with E-state index < -0.39 is 36.6 Å². The van der Waals surface area contributed by atoms with Crippen LogP contribution in [0.3, 0.4) is 0 Å². The van der Waals surface area contributed by atoms with Crippen LogP contribution >= 0.6 is 0 Å². The largest absolute Gasteiger partial charge is 0.489 e. The van der Waals surface area contributed by atoms with Crippen molar-refractivity contribution in [1.29, 1.82) is 0 Å². The maximum absolute atomic E-state index is 13.7. The number of hydrogen-bond donors (Lipinski definition) is 0. The van der Waals surface area contributed by atoms with Gasteiger partial charge in [-0.05, 0) is 32.9 Å². The first-order valence-electron chi connectivity index (χ1n) is 8.54. The molecule has 1 aromatic heterocycles. The quantitative estimate of drug-likeness (QED) is 0.655. The molecule has 4 nitrogen and oxygen atoms in total. The van der Waals surface area contributed by atoms with Crippen LogP contribution < -0.4 is 14.4 Å². The number of hydrogen-bond acceptors (Lipinski definition) is 4. The van der Waals surface area contributed by atoms with Crippen LogP contribution in [0.4, 0.5) is 32.0 Å². The van der Waals surface area contributed by atoms with Crippen LogP contribution in [0.25, 0.3) is 10.9 Å². The van der Waals surface area contributed by atoms with Gasteiger partial charge in [0.15, 0.2) is 5.75 Å².